The first-order chi connectivity index (χ1) is 7.22. The second-order valence-electron chi connectivity index (χ2n) is 3.58. The van der Waals surface area contributed by atoms with Gasteiger partial charge in [0.25, 0.3) is 5.91 Å². The van der Waals surface area contributed by atoms with Crippen LogP contribution < -0.4 is 15.4 Å². The normalized spacial score (nSPS) is 14.8. The molecule has 0 aromatic heterocycles. The molecule has 2 N–H and O–H groups in total. The fraction of sp³-hybridized carbons (Fsp3) is 0.364. The van der Waals surface area contributed by atoms with E-state index in [0.717, 1.165) is 23.4 Å². The molecule has 1 heterocycles. The Morgan fingerprint density at radius 2 is 2.33 bits per heavy atom. The second-order valence-corrected chi connectivity index (χ2v) is 3.58. The van der Waals surface area contributed by atoms with Gasteiger partial charge in [-0.05, 0) is 30.7 Å². The number of nitrogens with zero attached hydrogens (tertiary/aromatic N) is 1. The van der Waals surface area contributed by atoms with E-state index >= 15 is 0 Å². The SMILES string of the molecule is CN1C(=O)COc2cc(CCN)ccc21. The highest BCUT2D eigenvalue weighted by atomic mass is 16.5. The van der Waals surface area contributed by atoms with Crippen LogP contribution in [0.4, 0.5) is 5.69 Å². The van der Waals surface area contributed by atoms with Gasteiger partial charge < -0.3 is 15.4 Å². The minimum atomic E-state index is -0.0194. The van der Waals surface area contributed by atoms with Crippen LogP contribution in [0.15, 0.2) is 18.2 Å². The van der Waals surface area contributed by atoms with Gasteiger partial charge in [-0.25, -0.2) is 0 Å². The van der Waals surface area contributed by atoms with Crippen molar-refractivity contribution in [3.05, 3.63) is 23.8 Å². The summed E-state index contributed by atoms with van der Waals surface area (Å²) in [5, 5.41) is 0. The highest BCUT2D eigenvalue weighted by Gasteiger charge is 2.21. The maximum absolute atomic E-state index is 11.3. The molecular formula is C11H14N2O2. The molecule has 1 aromatic carbocycles. The topological polar surface area (TPSA) is 55.6 Å². The molecule has 1 aromatic rings. The number of hydrogen-bond donors (Lipinski definition) is 1. The van der Waals surface area contributed by atoms with E-state index in [1.54, 1.807) is 11.9 Å². The number of hydrogen-bond acceptors (Lipinski definition) is 3. The Labute approximate surface area is 88.6 Å². The van der Waals surface area contributed by atoms with Gasteiger partial charge in [0.1, 0.15) is 5.75 Å². The molecule has 0 fully saturated rings. The van der Waals surface area contributed by atoms with Crippen LogP contribution >= 0.6 is 0 Å². The molecule has 0 saturated carbocycles. The van der Waals surface area contributed by atoms with Crippen molar-refractivity contribution >= 4 is 11.6 Å². The maximum atomic E-state index is 11.3. The van der Waals surface area contributed by atoms with Crippen LogP contribution in [0.5, 0.6) is 5.75 Å². The van der Waals surface area contributed by atoms with Crippen molar-refractivity contribution in [1.82, 2.24) is 0 Å². The van der Waals surface area contributed by atoms with Gasteiger partial charge in [-0.2, -0.15) is 0 Å². The number of anilines is 1. The van der Waals surface area contributed by atoms with Crippen LogP contribution in [-0.2, 0) is 11.2 Å². The summed E-state index contributed by atoms with van der Waals surface area (Å²) in [7, 11) is 1.76. The Balaban J connectivity index is 2.34. The summed E-state index contributed by atoms with van der Waals surface area (Å²) < 4.78 is 5.36. The monoisotopic (exact) mass is 206 g/mol. The molecule has 0 spiro atoms. The molecule has 0 saturated heterocycles. The van der Waals surface area contributed by atoms with Gasteiger partial charge in [-0.1, -0.05) is 6.07 Å². The lowest BCUT2D eigenvalue weighted by Crippen LogP contribution is -2.35. The van der Waals surface area contributed by atoms with Gasteiger partial charge >= 0.3 is 0 Å². The third kappa shape index (κ3) is 1.80. The lowest BCUT2D eigenvalue weighted by atomic mass is 10.1. The van der Waals surface area contributed by atoms with Crippen molar-refractivity contribution in [1.29, 1.82) is 0 Å². The average Bonchev–Trinajstić information content (AvgIpc) is 2.24. The van der Waals surface area contributed by atoms with Gasteiger partial charge in [0, 0.05) is 7.05 Å². The molecule has 0 atom stereocenters. The fourth-order valence-corrected chi connectivity index (χ4v) is 1.64. The molecule has 1 amide bonds. The first-order valence-electron chi connectivity index (χ1n) is 4.94. The Hall–Kier alpha value is -1.55. The number of rotatable bonds is 2. The molecule has 1 aliphatic heterocycles. The van der Waals surface area contributed by atoms with Gasteiger partial charge in [-0.15, -0.1) is 0 Å². The highest BCUT2D eigenvalue weighted by molar-refractivity contribution is 5.97. The van der Waals surface area contributed by atoms with Gasteiger partial charge in [0.05, 0.1) is 5.69 Å². The van der Waals surface area contributed by atoms with E-state index in [2.05, 4.69) is 0 Å². The number of ether oxygens (including phenoxy) is 1. The summed E-state index contributed by atoms with van der Waals surface area (Å²) in [6.45, 7) is 0.739. The third-order valence-corrected chi connectivity index (χ3v) is 2.54. The first kappa shape index (κ1) is 9.98. The smallest absolute Gasteiger partial charge is 0.264 e. The van der Waals surface area contributed by atoms with Crippen molar-refractivity contribution < 1.29 is 9.53 Å². The molecule has 0 bridgehead atoms. The number of nitrogens with two attached hydrogens (primary N) is 1. The Kier molecular flexibility index (Phi) is 2.60. The molecule has 2 rings (SSSR count). The minimum absolute atomic E-state index is 0.0194. The van der Waals surface area contributed by atoms with E-state index in [1.807, 2.05) is 18.2 Å². The summed E-state index contributed by atoms with van der Waals surface area (Å²) >= 11 is 0. The molecule has 4 nitrogen and oxygen atoms in total. The summed E-state index contributed by atoms with van der Waals surface area (Å²) in [5.74, 6) is 0.747. The van der Waals surface area contributed by atoms with Crippen LogP contribution in [-0.4, -0.2) is 26.1 Å². The molecule has 15 heavy (non-hydrogen) atoms. The largest absolute Gasteiger partial charge is 0.482 e. The number of benzene rings is 1. The van der Waals surface area contributed by atoms with E-state index in [9.17, 15) is 4.79 Å². The highest BCUT2D eigenvalue weighted by Crippen LogP contribution is 2.31. The van der Waals surface area contributed by atoms with Crippen LogP contribution in [0.25, 0.3) is 0 Å². The van der Waals surface area contributed by atoms with Crippen LogP contribution in [0.2, 0.25) is 0 Å². The Morgan fingerprint density at radius 1 is 1.53 bits per heavy atom. The van der Waals surface area contributed by atoms with Gasteiger partial charge in [-0.3, -0.25) is 4.79 Å². The van der Waals surface area contributed by atoms with Crippen molar-refractivity contribution in [2.24, 2.45) is 5.73 Å². The summed E-state index contributed by atoms with van der Waals surface area (Å²) in [5.41, 5.74) is 7.44. The standard InChI is InChI=1S/C11H14N2O2/c1-13-9-3-2-8(4-5-12)6-10(9)15-7-11(13)14/h2-3,6H,4-5,7,12H2,1H3. The molecule has 0 aliphatic carbocycles. The van der Waals surface area contributed by atoms with E-state index in [4.69, 9.17) is 10.5 Å². The van der Waals surface area contributed by atoms with E-state index < -0.39 is 0 Å². The third-order valence-electron chi connectivity index (χ3n) is 2.54. The average molecular weight is 206 g/mol. The molecule has 0 unspecified atom stereocenters. The number of fused-ring (bicyclic) bond motifs is 1. The van der Waals surface area contributed by atoms with Crippen molar-refractivity contribution in [3.8, 4) is 5.75 Å². The predicted octanol–water partition coefficient (Wildman–Crippen LogP) is 0.543. The Bertz CT molecular complexity index is 390. The second kappa shape index (κ2) is 3.90. The summed E-state index contributed by atoms with van der Waals surface area (Å²) in [6, 6.07) is 5.83. The molecule has 0 radical (unpaired) electrons. The van der Waals surface area contributed by atoms with Gasteiger partial charge in [0.15, 0.2) is 6.61 Å². The molecular weight excluding hydrogens is 192 g/mol. The number of carbonyl (C=O) groups excluding carboxylic acids is 1. The maximum Gasteiger partial charge on any atom is 0.264 e. The minimum Gasteiger partial charge on any atom is -0.482 e. The summed E-state index contributed by atoms with van der Waals surface area (Å²) in [6.07, 6.45) is 0.828. The number of likely N-dealkylation sites (N-methyl/N-ethyl adjacent to an activating group) is 1. The fourth-order valence-electron chi connectivity index (χ4n) is 1.64. The van der Waals surface area contributed by atoms with Gasteiger partial charge in [0.2, 0.25) is 0 Å². The zero-order valence-electron chi connectivity index (χ0n) is 8.69. The van der Waals surface area contributed by atoms with E-state index in [-0.39, 0.29) is 12.5 Å². The molecule has 1 aliphatic rings. The molecule has 4 heteroatoms. The molecule has 80 valence electrons. The van der Waals surface area contributed by atoms with Crippen molar-refractivity contribution in [2.45, 2.75) is 6.42 Å². The zero-order valence-corrected chi connectivity index (χ0v) is 8.69. The first-order valence-corrected chi connectivity index (χ1v) is 4.94. The van der Waals surface area contributed by atoms with Crippen LogP contribution in [0.3, 0.4) is 0 Å². The van der Waals surface area contributed by atoms with Crippen LogP contribution in [0.1, 0.15) is 5.56 Å². The van der Waals surface area contributed by atoms with Crippen molar-refractivity contribution in [2.75, 3.05) is 25.1 Å². The predicted molar refractivity (Wildman–Crippen MR) is 58.1 cm³/mol. The van der Waals surface area contributed by atoms with Crippen molar-refractivity contribution in [3.63, 3.8) is 0 Å². The summed E-state index contributed by atoms with van der Waals surface area (Å²) in [4.78, 5) is 13.0. The number of carbonyl (C=O) groups is 1. The lowest BCUT2D eigenvalue weighted by molar-refractivity contribution is -0.120. The number of amides is 1. The van der Waals surface area contributed by atoms with E-state index in [0.29, 0.717) is 6.54 Å². The Morgan fingerprint density at radius 3 is 3.07 bits per heavy atom. The zero-order chi connectivity index (χ0) is 10.8. The van der Waals surface area contributed by atoms with E-state index in [1.165, 1.54) is 0 Å². The quantitative estimate of drug-likeness (QED) is 0.768. The lowest BCUT2D eigenvalue weighted by Gasteiger charge is -2.26. The van der Waals surface area contributed by atoms with Crippen LogP contribution in [0, 0.1) is 0 Å².